The first kappa shape index (κ1) is 16.7. The van der Waals surface area contributed by atoms with Crippen molar-refractivity contribution in [1.82, 2.24) is 9.88 Å². The van der Waals surface area contributed by atoms with Crippen molar-refractivity contribution in [1.29, 1.82) is 0 Å². The number of anilines is 1. The van der Waals surface area contributed by atoms with Crippen LogP contribution in [0.3, 0.4) is 0 Å². The first-order valence-electron chi connectivity index (χ1n) is 8.66. The number of ether oxygens (including phenoxy) is 3. The van der Waals surface area contributed by atoms with Crippen LogP contribution in [0.5, 0.6) is 17.2 Å². The fraction of sp³-hybridized carbons (Fsp3) is 0.368. The van der Waals surface area contributed by atoms with Gasteiger partial charge in [0.25, 0.3) is 0 Å². The van der Waals surface area contributed by atoms with Gasteiger partial charge in [-0.3, -0.25) is 14.7 Å². The van der Waals surface area contributed by atoms with E-state index in [4.69, 9.17) is 14.2 Å². The Labute approximate surface area is 151 Å². The lowest BCUT2D eigenvalue weighted by atomic mass is 10.1. The van der Waals surface area contributed by atoms with Crippen LogP contribution < -0.4 is 19.5 Å². The minimum Gasteiger partial charge on any atom is -0.493 e. The molecular formula is C19H21N3O4. The normalized spacial score (nSPS) is 18.7. The summed E-state index contributed by atoms with van der Waals surface area (Å²) in [7, 11) is 1.56. The molecule has 2 aliphatic heterocycles. The molecule has 4 rings (SSSR count). The molecule has 0 unspecified atom stereocenters. The molecule has 0 radical (unpaired) electrons. The molecule has 0 aliphatic carbocycles. The molecule has 7 heteroatoms. The second-order valence-electron chi connectivity index (χ2n) is 6.34. The predicted octanol–water partition coefficient (Wildman–Crippen LogP) is 2.42. The van der Waals surface area contributed by atoms with Crippen molar-refractivity contribution in [3.8, 4) is 17.2 Å². The largest absolute Gasteiger partial charge is 0.493 e. The third-order valence-corrected chi connectivity index (χ3v) is 4.78. The first-order valence-corrected chi connectivity index (χ1v) is 8.66. The fourth-order valence-electron chi connectivity index (χ4n) is 3.51. The van der Waals surface area contributed by atoms with Gasteiger partial charge in [0, 0.05) is 18.3 Å². The number of carbonyl (C=O) groups excluding carboxylic acids is 1. The second-order valence-corrected chi connectivity index (χ2v) is 6.34. The van der Waals surface area contributed by atoms with Crippen LogP contribution in [-0.4, -0.2) is 42.3 Å². The van der Waals surface area contributed by atoms with Gasteiger partial charge in [0.15, 0.2) is 17.2 Å². The van der Waals surface area contributed by atoms with Crippen molar-refractivity contribution in [3.63, 3.8) is 0 Å². The Morgan fingerprint density at radius 3 is 3.19 bits per heavy atom. The van der Waals surface area contributed by atoms with Gasteiger partial charge >= 0.3 is 0 Å². The molecule has 1 fully saturated rings. The van der Waals surface area contributed by atoms with Gasteiger partial charge in [-0.1, -0.05) is 12.1 Å². The number of methoxy groups -OCH3 is 1. The van der Waals surface area contributed by atoms with E-state index in [-0.39, 0.29) is 18.7 Å². The molecule has 1 aromatic carbocycles. The summed E-state index contributed by atoms with van der Waals surface area (Å²) >= 11 is 0. The Morgan fingerprint density at radius 1 is 1.38 bits per heavy atom. The Morgan fingerprint density at radius 2 is 2.31 bits per heavy atom. The monoisotopic (exact) mass is 355 g/mol. The Balaban J connectivity index is 1.48. The van der Waals surface area contributed by atoms with Crippen molar-refractivity contribution in [2.24, 2.45) is 0 Å². The molecule has 1 atom stereocenters. The van der Waals surface area contributed by atoms with Crippen LogP contribution in [0.2, 0.25) is 0 Å². The lowest BCUT2D eigenvalue weighted by molar-refractivity contribution is -0.120. The highest BCUT2D eigenvalue weighted by Crippen LogP contribution is 2.37. The van der Waals surface area contributed by atoms with Crippen molar-refractivity contribution in [2.75, 3.05) is 25.8 Å². The van der Waals surface area contributed by atoms with E-state index >= 15 is 0 Å². The van der Waals surface area contributed by atoms with Gasteiger partial charge in [0.2, 0.25) is 12.7 Å². The van der Waals surface area contributed by atoms with Crippen molar-refractivity contribution < 1.29 is 19.0 Å². The average Bonchev–Trinajstić information content (AvgIpc) is 3.32. The number of fused-ring (bicyclic) bond motifs is 1. The number of para-hydroxylation sites is 1. The van der Waals surface area contributed by atoms with Crippen LogP contribution in [0.15, 0.2) is 36.7 Å². The smallest absolute Gasteiger partial charge is 0.241 e. The average molecular weight is 355 g/mol. The number of benzene rings is 1. The lowest BCUT2D eigenvalue weighted by Gasteiger charge is -2.24. The summed E-state index contributed by atoms with van der Waals surface area (Å²) in [6.45, 7) is 1.77. The number of carbonyl (C=O) groups is 1. The third kappa shape index (κ3) is 3.17. The van der Waals surface area contributed by atoms with Crippen LogP contribution in [0.25, 0.3) is 0 Å². The maximum atomic E-state index is 12.8. The molecule has 7 nitrogen and oxygen atoms in total. The van der Waals surface area contributed by atoms with Gasteiger partial charge < -0.3 is 19.5 Å². The Bertz CT molecular complexity index is 811. The van der Waals surface area contributed by atoms with Crippen molar-refractivity contribution >= 4 is 11.6 Å². The molecule has 26 heavy (non-hydrogen) atoms. The van der Waals surface area contributed by atoms with Crippen molar-refractivity contribution in [2.45, 2.75) is 25.4 Å². The standard InChI is InChI=1S/C19H21N3O4/c1-24-17-10-20-8-7-14(17)21-19(23)15-5-3-9-22(15)11-13-4-2-6-16-18(13)26-12-25-16/h2,4,6-8,10,15H,3,5,9,11-12H2,1H3,(H,20,21,23)/t15-/m1/s1. The van der Waals surface area contributed by atoms with E-state index in [1.807, 2.05) is 18.2 Å². The van der Waals surface area contributed by atoms with E-state index in [0.717, 1.165) is 36.4 Å². The number of pyridine rings is 1. The Hall–Kier alpha value is -2.80. The number of nitrogens with one attached hydrogen (secondary N) is 1. The highest BCUT2D eigenvalue weighted by molar-refractivity contribution is 5.96. The molecule has 136 valence electrons. The molecule has 1 N–H and O–H groups in total. The molecule has 1 amide bonds. The highest BCUT2D eigenvalue weighted by atomic mass is 16.7. The van der Waals surface area contributed by atoms with Gasteiger partial charge in [-0.25, -0.2) is 0 Å². The van der Waals surface area contributed by atoms with E-state index in [0.29, 0.717) is 18.0 Å². The van der Waals surface area contributed by atoms with Crippen molar-refractivity contribution in [3.05, 3.63) is 42.2 Å². The van der Waals surface area contributed by atoms with Crippen LogP contribution in [-0.2, 0) is 11.3 Å². The van der Waals surface area contributed by atoms with Crippen LogP contribution in [0, 0.1) is 0 Å². The third-order valence-electron chi connectivity index (χ3n) is 4.78. The summed E-state index contributed by atoms with van der Waals surface area (Å²) in [5, 5.41) is 2.97. The number of aromatic nitrogens is 1. The van der Waals surface area contributed by atoms with Gasteiger partial charge in [0.1, 0.15) is 0 Å². The number of likely N-dealkylation sites (tertiary alicyclic amines) is 1. The van der Waals surface area contributed by atoms with Gasteiger partial charge in [-0.05, 0) is 31.5 Å². The zero-order valence-electron chi connectivity index (χ0n) is 14.6. The molecule has 1 aromatic heterocycles. The van der Waals surface area contributed by atoms with Gasteiger partial charge in [-0.15, -0.1) is 0 Å². The lowest BCUT2D eigenvalue weighted by Crippen LogP contribution is -2.39. The zero-order chi connectivity index (χ0) is 17.9. The van der Waals surface area contributed by atoms with E-state index < -0.39 is 0 Å². The number of nitrogens with zero attached hydrogens (tertiary/aromatic N) is 2. The van der Waals surface area contributed by atoms with Gasteiger partial charge in [0.05, 0.1) is 25.0 Å². The number of rotatable bonds is 5. The summed E-state index contributed by atoms with van der Waals surface area (Å²) in [5.74, 6) is 2.08. The minimum atomic E-state index is -0.189. The molecule has 3 heterocycles. The van der Waals surface area contributed by atoms with Gasteiger partial charge in [-0.2, -0.15) is 0 Å². The fourth-order valence-corrected chi connectivity index (χ4v) is 3.51. The minimum absolute atomic E-state index is 0.0308. The summed E-state index contributed by atoms with van der Waals surface area (Å²) in [6, 6.07) is 7.43. The van der Waals surface area contributed by atoms with E-state index in [2.05, 4.69) is 15.2 Å². The quantitative estimate of drug-likeness (QED) is 0.888. The van der Waals surface area contributed by atoms with Crippen LogP contribution >= 0.6 is 0 Å². The predicted molar refractivity (Wildman–Crippen MR) is 95.4 cm³/mol. The zero-order valence-corrected chi connectivity index (χ0v) is 14.6. The summed E-state index contributed by atoms with van der Waals surface area (Å²) in [5.41, 5.74) is 1.68. The van der Waals surface area contributed by atoms with E-state index in [9.17, 15) is 4.79 Å². The first-order chi connectivity index (χ1) is 12.8. The van der Waals surface area contributed by atoms with E-state index in [1.54, 1.807) is 25.6 Å². The summed E-state index contributed by atoms with van der Waals surface area (Å²) < 4.78 is 16.3. The highest BCUT2D eigenvalue weighted by Gasteiger charge is 2.32. The molecule has 2 aromatic rings. The van der Waals surface area contributed by atoms with Crippen LogP contribution in [0.4, 0.5) is 5.69 Å². The summed E-state index contributed by atoms with van der Waals surface area (Å²) in [4.78, 5) is 19.0. The van der Waals surface area contributed by atoms with E-state index in [1.165, 1.54) is 0 Å². The number of amides is 1. The number of hydrogen-bond donors (Lipinski definition) is 1. The van der Waals surface area contributed by atoms with Crippen LogP contribution in [0.1, 0.15) is 18.4 Å². The molecular weight excluding hydrogens is 334 g/mol. The molecule has 0 bridgehead atoms. The SMILES string of the molecule is COc1cnccc1NC(=O)[C@H]1CCCN1Cc1cccc2c1OCO2. The summed E-state index contributed by atoms with van der Waals surface area (Å²) in [6.07, 6.45) is 5.03. The molecule has 0 spiro atoms. The maximum absolute atomic E-state index is 12.8. The second kappa shape index (κ2) is 7.21. The maximum Gasteiger partial charge on any atom is 0.241 e. The molecule has 2 aliphatic rings. The number of hydrogen-bond acceptors (Lipinski definition) is 6. The molecule has 1 saturated heterocycles. The topological polar surface area (TPSA) is 72.9 Å². The Kier molecular flexibility index (Phi) is 4.62. The molecule has 0 saturated carbocycles.